The van der Waals surface area contributed by atoms with E-state index in [2.05, 4.69) is 38.7 Å². The molecule has 0 aromatic rings. The van der Waals surface area contributed by atoms with Gasteiger partial charge in [-0.2, -0.15) is 0 Å². The van der Waals surface area contributed by atoms with Crippen LogP contribution >= 0.6 is 0 Å². The van der Waals surface area contributed by atoms with Gasteiger partial charge in [0.1, 0.15) is 0 Å². The lowest BCUT2D eigenvalue weighted by molar-refractivity contribution is 0.229. The van der Waals surface area contributed by atoms with E-state index in [0.29, 0.717) is 6.04 Å². The normalized spacial score (nSPS) is 17.9. The highest BCUT2D eigenvalue weighted by atomic mass is 15.1. The van der Waals surface area contributed by atoms with Gasteiger partial charge in [-0.15, -0.1) is 0 Å². The third-order valence-corrected chi connectivity index (χ3v) is 2.68. The van der Waals surface area contributed by atoms with E-state index in [1.54, 1.807) is 5.57 Å². The minimum atomic E-state index is 0.701. The summed E-state index contributed by atoms with van der Waals surface area (Å²) in [6.45, 7) is 15.6. The van der Waals surface area contributed by atoms with Gasteiger partial charge in [0.25, 0.3) is 0 Å². The molecule has 0 amide bonds. The van der Waals surface area contributed by atoms with Crippen molar-refractivity contribution >= 4 is 0 Å². The SMILES string of the molecule is CC.CC(C)C1=CCCN(C(C)C)C1. The van der Waals surface area contributed by atoms with Gasteiger partial charge >= 0.3 is 0 Å². The maximum Gasteiger partial charge on any atom is 0.0198 e. The molecule has 1 rings (SSSR count). The van der Waals surface area contributed by atoms with Crippen molar-refractivity contribution < 1.29 is 0 Å². The summed E-state index contributed by atoms with van der Waals surface area (Å²) in [5, 5.41) is 0. The molecule has 1 heterocycles. The van der Waals surface area contributed by atoms with Crippen LogP contribution in [0.1, 0.15) is 48.0 Å². The van der Waals surface area contributed by atoms with E-state index in [1.807, 2.05) is 13.8 Å². The van der Waals surface area contributed by atoms with Crippen LogP contribution in [-0.4, -0.2) is 24.0 Å². The molecule has 0 fully saturated rings. The molecule has 1 nitrogen and oxygen atoms in total. The number of rotatable bonds is 2. The summed E-state index contributed by atoms with van der Waals surface area (Å²) in [7, 11) is 0. The van der Waals surface area contributed by atoms with Gasteiger partial charge in [-0.3, -0.25) is 4.90 Å². The Hall–Kier alpha value is -0.300. The maximum absolute atomic E-state index is 2.55. The topological polar surface area (TPSA) is 3.24 Å². The highest BCUT2D eigenvalue weighted by Crippen LogP contribution is 2.18. The summed E-state index contributed by atoms with van der Waals surface area (Å²) in [5.41, 5.74) is 1.62. The fourth-order valence-corrected chi connectivity index (χ4v) is 1.65. The van der Waals surface area contributed by atoms with Gasteiger partial charge in [0.2, 0.25) is 0 Å². The van der Waals surface area contributed by atoms with Gasteiger partial charge in [-0.05, 0) is 26.2 Å². The molecule has 1 heteroatoms. The Labute approximate surface area is 90.2 Å². The maximum atomic E-state index is 2.55. The van der Waals surface area contributed by atoms with Gasteiger partial charge in [0, 0.05) is 19.1 Å². The summed E-state index contributed by atoms with van der Waals surface area (Å²) in [5.74, 6) is 0.728. The van der Waals surface area contributed by atoms with Crippen molar-refractivity contribution in [2.24, 2.45) is 5.92 Å². The molecule has 14 heavy (non-hydrogen) atoms. The molecule has 0 aromatic heterocycles. The average Bonchev–Trinajstić information content (AvgIpc) is 2.21. The van der Waals surface area contributed by atoms with Crippen LogP contribution in [-0.2, 0) is 0 Å². The standard InChI is InChI=1S/C11H21N.C2H6/c1-9(2)11-6-5-7-12(8-11)10(3)4;1-2/h6,9-10H,5,7-8H2,1-4H3;1-2H3. The van der Waals surface area contributed by atoms with Crippen LogP contribution in [0.4, 0.5) is 0 Å². The zero-order valence-corrected chi connectivity index (χ0v) is 10.8. The van der Waals surface area contributed by atoms with Crippen LogP contribution in [0.2, 0.25) is 0 Å². The highest BCUT2D eigenvalue weighted by Gasteiger charge is 2.16. The molecule has 0 aliphatic carbocycles. The van der Waals surface area contributed by atoms with E-state index in [9.17, 15) is 0 Å². The molecule has 0 saturated heterocycles. The molecule has 0 N–H and O–H groups in total. The summed E-state index contributed by atoms with van der Waals surface area (Å²) in [6, 6.07) is 0.701. The summed E-state index contributed by atoms with van der Waals surface area (Å²) < 4.78 is 0. The second kappa shape index (κ2) is 7.05. The fourth-order valence-electron chi connectivity index (χ4n) is 1.65. The largest absolute Gasteiger partial charge is 0.297 e. The van der Waals surface area contributed by atoms with Crippen molar-refractivity contribution in [1.29, 1.82) is 0 Å². The van der Waals surface area contributed by atoms with E-state index >= 15 is 0 Å². The molecule has 0 bridgehead atoms. The number of hydrogen-bond acceptors (Lipinski definition) is 1. The molecule has 0 spiro atoms. The second-order valence-corrected chi connectivity index (χ2v) is 4.29. The smallest absolute Gasteiger partial charge is 0.0198 e. The first-order chi connectivity index (χ1) is 6.61. The summed E-state index contributed by atoms with van der Waals surface area (Å²) >= 11 is 0. The lowest BCUT2D eigenvalue weighted by atomic mass is 9.98. The average molecular weight is 197 g/mol. The second-order valence-electron chi connectivity index (χ2n) is 4.29. The van der Waals surface area contributed by atoms with E-state index in [0.717, 1.165) is 5.92 Å². The molecule has 1 aliphatic rings. The van der Waals surface area contributed by atoms with E-state index in [-0.39, 0.29) is 0 Å². The first-order valence-corrected chi connectivity index (χ1v) is 6.04. The van der Waals surface area contributed by atoms with Crippen LogP contribution in [0.15, 0.2) is 11.6 Å². The van der Waals surface area contributed by atoms with Crippen molar-refractivity contribution in [3.05, 3.63) is 11.6 Å². The zero-order valence-electron chi connectivity index (χ0n) is 10.8. The highest BCUT2D eigenvalue weighted by molar-refractivity contribution is 5.10. The minimum absolute atomic E-state index is 0.701. The van der Waals surface area contributed by atoms with Gasteiger partial charge in [0.15, 0.2) is 0 Å². The fraction of sp³-hybridized carbons (Fsp3) is 0.846. The van der Waals surface area contributed by atoms with Crippen molar-refractivity contribution in [2.75, 3.05) is 13.1 Å². The Balaban J connectivity index is 0.000000791. The van der Waals surface area contributed by atoms with Gasteiger partial charge in [-0.1, -0.05) is 39.3 Å². The van der Waals surface area contributed by atoms with Gasteiger partial charge in [-0.25, -0.2) is 0 Å². The minimum Gasteiger partial charge on any atom is -0.297 e. The molecule has 0 unspecified atom stereocenters. The van der Waals surface area contributed by atoms with E-state index < -0.39 is 0 Å². The summed E-state index contributed by atoms with van der Waals surface area (Å²) in [4.78, 5) is 2.55. The quantitative estimate of drug-likeness (QED) is 0.610. The molecular weight excluding hydrogens is 170 g/mol. The Morgan fingerprint density at radius 1 is 1.14 bits per heavy atom. The molecular formula is C13H27N. The van der Waals surface area contributed by atoms with E-state index in [1.165, 1.54) is 19.5 Å². The van der Waals surface area contributed by atoms with Crippen LogP contribution in [0.3, 0.4) is 0 Å². The van der Waals surface area contributed by atoms with Crippen molar-refractivity contribution in [1.82, 2.24) is 4.90 Å². The molecule has 0 aromatic carbocycles. The monoisotopic (exact) mass is 197 g/mol. The Kier molecular flexibility index (Phi) is 6.90. The first kappa shape index (κ1) is 13.7. The Morgan fingerprint density at radius 3 is 2.14 bits per heavy atom. The van der Waals surface area contributed by atoms with Crippen molar-refractivity contribution in [3.8, 4) is 0 Å². The zero-order chi connectivity index (χ0) is 11.1. The predicted molar refractivity (Wildman–Crippen MR) is 65.6 cm³/mol. The molecule has 0 atom stereocenters. The first-order valence-electron chi connectivity index (χ1n) is 6.04. The van der Waals surface area contributed by atoms with Crippen LogP contribution in [0.5, 0.6) is 0 Å². The lowest BCUT2D eigenvalue weighted by Crippen LogP contribution is -2.36. The predicted octanol–water partition coefficient (Wildman–Crippen LogP) is 3.71. The number of nitrogens with zero attached hydrogens (tertiary/aromatic N) is 1. The molecule has 0 radical (unpaired) electrons. The van der Waals surface area contributed by atoms with Crippen LogP contribution in [0.25, 0.3) is 0 Å². The third-order valence-electron chi connectivity index (χ3n) is 2.68. The molecule has 1 aliphatic heterocycles. The van der Waals surface area contributed by atoms with Crippen molar-refractivity contribution in [3.63, 3.8) is 0 Å². The van der Waals surface area contributed by atoms with Gasteiger partial charge < -0.3 is 0 Å². The van der Waals surface area contributed by atoms with Crippen LogP contribution in [0, 0.1) is 5.92 Å². The molecule has 0 saturated carbocycles. The van der Waals surface area contributed by atoms with Gasteiger partial charge in [0.05, 0.1) is 0 Å². The lowest BCUT2D eigenvalue weighted by Gasteiger charge is -2.32. The number of hydrogen-bond donors (Lipinski definition) is 0. The Bertz CT molecular complexity index is 168. The van der Waals surface area contributed by atoms with E-state index in [4.69, 9.17) is 0 Å². The Morgan fingerprint density at radius 2 is 1.71 bits per heavy atom. The summed E-state index contributed by atoms with van der Waals surface area (Å²) in [6.07, 6.45) is 3.66. The molecule has 84 valence electrons. The van der Waals surface area contributed by atoms with Crippen molar-refractivity contribution in [2.45, 2.75) is 54.0 Å². The third kappa shape index (κ3) is 4.28. The van der Waals surface area contributed by atoms with Crippen LogP contribution < -0.4 is 0 Å².